The molecule has 6 heteroatoms. The Labute approximate surface area is 154 Å². The summed E-state index contributed by atoms with van der Waals surface area (Å²) >= 11 is 5.70. The molecule has 4 rings (SSSR count). The Morgan fingerprint density at radius 3 is 2.84 bits per heavy atom. The number of aromatic nitrogens is 2. The maximum Gasteiger partial charge on any atom is 0.170 e. The smallest absolute Gasteiger partial charge is 0.170 e. The lowest BCUT2D eigenvalue weighted by molar-refractivity contribution is 0.0835. The predicted molar refractivity (Wildman–Crippen MR) is 101 cm³/mol. The van der Waals surface area contributed by atoms with Gasteiger partial charge < -0.3 is 19.5 Å². The van der Waals surface area contributed by atoms with Gasteiger partial charge in [0.05, 0.1) is 23.9 Å². The maximum absolute atomic E-state index is 5.87. The Kier molecular flexibility index (Phi) is 4.48. The Morgan fingerprint density at radius 1 is 1.32 bits per heavy atom. The van der Waals surface area contributed by atoms with E-state index in [9.17, 15) is 0 Å². The molecule has 2 fully saturated rings. The molecule has 1 N–H and O–H groups in total. The third-order valence-corrected chi connectivity index (χ3v) is 5.69. The fourth-order valence-electron chi connectivity index (χ4n) is 3.86. The minimum absolute atomic E-state index is 0.0445. The Morgan fingerprint density at radius 2 is 2.20 bits per heavy atom. The number of aryl methyl sites for hydroxylation is 1. The maximum atomic E-state index is 5.87. The van der Waals surface area contributed by atoms with Crippen molar-refractivity contribution in [2.45, 2.75) is 38.0 Å². The van der Waals surface area contributed by atoms with Crippen LogP contribution in [0.15, 0.2) is 36.5 Å². The van der Waals surface area contributed by atoms with E-state index in [1.54, 1.807) is 0 Å². The van der Waals surface area contributed by atoms with Gasteiger partial charge in [0.15, 0.2) is 5.11 Å². The molecular weight excluding hydrogens is 332 g/mol. The van der Waals surface area contributed by atoms with E-state index in [-0.39, 0.29) is 18.2 Å². The number of thiocarbonyl (C=S) groups is 1. The lowest BCUT2D eigenvalue weighted by atomic mass is 10.0. The molecule has 0 radical (unpaired) electrons. The Bertz CT molecular complexity index is 754. The zero-order valence-corrected chi connectivity index (χ0v) is 15.5. The van der Waals surface area contributed by atoms with E-state index in [2.05, 4.69) is 51.9 Å². The molecule has 25 heavy (non-hydrogen) atoms. The highest BCUT2D eigenvalue weighted by atomic mass is 32.1. The molecular formula is C19H24N4OS. The molecule has 2 aliphatic rings. The number of ether oxygens (including phenoxy) is 1. The molecule has 2 saturated heterocycles. The minimum atomic E-state index is 0.0445. The van der Waals surface area contributed by atoms with Gasteiger partial charge in [-0.05, 0) is 56.2 Å². The summed E-state index contributed by atoms with van der Waals surface area (Å²) in [6, 6.07) is 10.6. The minimum Gasteiger partial charge on any atom is -0.376 e. The average Bonchev–Trinajstić information content (AvgIpc) is 3.32. The standard InChI is InChI=1S/C19H24N4OS/c1-13-8-9-16(22(13)2)18-17(15-7-3-4-10-20-15)21-19(25)23(18)12-14-6-5-11-24-14/h3-4,7-10,14,17-18H,5-6,11-12H2,1-2H3,(H,21,25)/t14-,17+,18-/m0/s1. The van der Waals surface area contributed by atoms with Gasteiger partial charge in [-0.1, -0.05) is 6.07 Å². The second kappa shape index (κ2) is 6.77. The van der Waals surface area contributed by atoms with Crippen LogP contribution in [0.4, 0.5) is 0 Å². The molecule has 0 bridgehead atoms. The van der Waals surface area contributed by atoms with Gasteiger partial charge in [-0.15, -0.1) is 0 Å². The largest absolute Gasteiger partial charge is 0.376 e. The summed E-state index contributed by atoms with van der Waals surface area (Å²) in [5.74, 6) is 0. The lowest BCUT2D eigenvalue weighted by Crippen LogP contribution is -2.36. The third kappa shape index (κ3) is 3.04. The van der Waals surface area contributed by atoms with Crippen LogP contribution in [0.5, 0.6) is 0 Å². The van der Waals surface area contributed by atoms with Crippen molar-refractivity contribution in [3.8, 4) is 0 Å². The van der Waals surface area contributed by atoms with Crippen molar-refractivity contribution in [2.75, 3.05) is 13.2 Å². The van der Waals surface area contributed by atoms with Gasteiger partial charge in [-0.3, -0.25) is 4.98 Å². The van der Waals surface area contributed by atoms with Gasteiger partial charge in [-0.2, -0.15) is 0 Å². The van der Waals surface area contributed by atoms with Gasteiger partial charge in [0.25, 0.3) is 0 Å². The summed E-state index contributed by atoms with van der Waals surface area (Å²) in [7, 11) is 2.12. The first-order valence-electron chi connectivity index (χ1n) is 8.87. The molecule has 0 spiro atoms. The van der Waals surface area contributed by atoms with Gasteiger partial charge >= 0.3 is 0 Å². The van der Waals surface area contributed by atoms with Crippen LogP contribution in [0.3, 0.4) is 0 Å². The van der Waals surface area contributed by atoms with E-state index >= 15 is 0 Å². The van der Waals surface area contributed by atoms with Gasteiger partial charge in [0.2, 0.25) is 0 Å². The number of hydrogen-bond acceptors (Lipinski definition) is 3. The normalized spacial score (nSPS) is 26.2. The van der Waals surface area contributed by atoms with Crippen molar-refractivity contribution in [3.63, 3.8) is 0 Å². The van der Waals surface area contributed by atoms with Crippen molar-refractivity contribution < 1.29 is 4.74 Å². The summed E-state index contributed by atoms with van der Waals surface area (Å²) in [6.07, 6.45) is 4.34. The van der Waals surface area contributed by atoms with E-state index in [0.29, 0.717) is 0 Å². The van der Waals surface area contributed by atoms with Crippen LogP contribution in [-0.2, 0) is 11.8 Å². The summed E-state index contributed by atoms with van der Waals surface area (Å²) in [5, 5.41) is 4.29. The molecule has 0 aromatic carbocycles. The summed E-state index contributed by atoms with van der Waals surface area (Å²) < 4.78 is 8.12. The first kappa shape index (κ1) is 16.5. The molecule has 2 aromatic heterocycles. The van der Waals surface area contributed by atoms with Gasteiger partial charge in [-0.25, -0.2) is 0 Å². The zero-order chi connectivity index (χ0) is 17.4. The number of nitrogens with one attached hydrogen (secondary N) is 1. The van der Waals surface area contributed by atoms with Gasteiger partial charge in [0, 0.05) is 37.8 Å². The fraction of sp³-hybridized carbons (Fsp3) is 0.474. The molecule has 4 heterocycles. The molecule has 2 aromatic rings. The quantitative estimate of drug-likeness (QED) is 0.854. The average molecular weight is 356 g/mol. The monoisotopic (exact) mass is 356 g/mol. The molecule has 0 amide bonds. The molecule has 0 unspecified atom stereocenters. The highest BCUT2D eigenvalue weighted by molar-refractivity contribution is 7.80. The van der Waals surface area contributed by atoms with Crippen molar-refractivity contribution in [1.82, 2.24) is 19.8 Å². The van der Waals surface area contributed by atoms with Crippen LogP contribution in [-0.4, -0.2) is 38.8 Å². The van der Waals surface area contributed by atoms with Crippen LogP contribution in [0.1, 0.15) is 42.0 Å². The Balaban J connectivity index is 1.71. The summed E-state index contributed by atoms with van der Waals surface area (Å²) in [6.45, 7) is 3.81. The van der Waals surface area contributed by atoms with E-state index in [1.807, 2.05) is 18.3 Å². The van der Waals surface area contributed by atoms with Crippen molar-refractivity contribution in [2.24, 2.45) is 7.05 Å². The first-order valence-corrected chi connectivity index (χ1v) is 9.28. The highest BCUT2D eigenvalue weighted by Gasteiger charge is 2.42. The van der Waals surface area contributed by atoms with Crippen molar-refractivity contribution in [3.05, 3.63) is 53.6 Å². The van der Waals surface area contributed by atoms with Crippen molar-refractivity contribution in [1.29, 1.82) is 0 Å². The Hall–Kier alpha value is -1.92. The highest BCUT2D eigenvalue weighted by Crippen LogP contribution is 2.39. The molecule has 2 aliphatic heterocycles. The van der Waals surface area contributed by atoms with Crippen LogP contribution in [0, 0.1) is 6.92 Å². The van der Waals surface area contributed by atoms with Crippen LogP contribution >= 0.6 is 12.2 Å². The lowest BCUT2D eigenvalue weighted by Gasteiger charge is -2.30. The molecule has 5 nitrogen and oxygen atoms in total. The van der Waals surface area contributed by atoms with Crippen LogP contribution in [0.2, 0.25) is 0 Å². The van der Waals surface area contributed by atoms with E-state index in [0.717, 1.165) is 36.8 Å². The van der Waals surface area contributed by atoms with E-state index < -0.39 is 0 Å². The second-order valence-corrected chi connectivity index (χ2v) is 7.26. The first-order chi connectivity index (χ1) is 12.1. The third-order valence-electron chi connectivity index (χ3n) is 5.34. The number of hydrogen-bond donors (Lipinski definition) is 1. The predicted octanol–water partition coefficient (Wildman–Crippen LogP) is 2.88. The van der Waals surface area contributed by atoms with E-state index in [1.165, 1.54) is 11.4 Å². The summed E-state index contributed by atoms with van der Waals surface area (Å²) in [4.78, 5) is 6.88. The topological polar surface area (TPSA) is 42.3 Å². The SMILES string of the molecule is Cc1ccc([C@H]2[C@@H](c3ccccn3)NC(=S)N2C[C@@H]2CCCO2)n1C. The van der Waals surface area contributed by atoms with Crippen LogP contribution < -0.4 is 5.32 Å². The van der Waals surface area contributed by atoms with Gasteiger partial charge in [0.1, 0.15) is 0 Å². The van der Waals surface area contributed by atoms with Crippen molar-refractivity contribution >= 4 is 17.3 Å². The second-order valence-electron chi connectivity index (χ2n) is 6.87. The summed E-state index contributed by atoms with van der Waals surface area (Å²) in [5.41, 5.74) is 3.51. The van der Waals surface area contributed by atoms with E-state index in [4.69, 9.17) is 17.0 Å². The van der Waals surface area contributed by atoms with Crippen LogP contribution in [0.25, 0.3) is 0 Å². The number of pyridine rings is 1. The fourth-order valence-corrected chi connectivity index (χ4v) is 4.18. The molecule has 0 aliphatic carbocycles. The number of rotatable bonds is 4. The number of nitrogens with zero attached hydrogens (tertiary/aromatic N) is 3. The molecule has 0 saturated carbocycles. The molecule has 3 atom stereocenters. The molecule has 132 valence electrons. The zero-order valence-electron chi connectivity index (χ0n) is 14.7.